The fraction of sp³-hybridized carbons (Fsp3) is 0.200. The van der Waals surface area contributed by atoms with E-state index in [-0.39, 0.29) is 17.5 Å². The Kier molecular flexibility index (Phi) is 3.21. The van der Waals surface area contributed by atoms with Gasteiger partial charge in [0.25, 0.3) is 0 Å². The number of hydrogen-bond acceptors (Lipinski definition) is 7. The van der Waals surface area contributed by atoms with Gasteiger partial charge in [-0.05, 0) is 6.07 Å². The van der Waals surface area contributed by atoms with Gasteiger partial charge in [0.15, 0.2) is 11.6 Å². The minimum atomic E-state index is -2.94. The Balaban J connectivity index is 2.31. The van der Waals surface area contributed by atoms with Crippen LogP contribution >= 0.6 is 0 Å². The van der Waals surface area contributed by atoms with Gasteiger partial charge in [-0.3, -0.25) is 5.73 Å². The quantitative estimate of drug-likeness (QED) is 0.587. The Hall–Kier alpha value is -2.42. The highest BCUT2D eigenvalue weighted by molar-refractivity contribution is 5.81. The van der Waals surface area contributed by atoms with Gasteiger partial charge in [-0.1, -0.05) is 0 Å². The Morgan fingerprint density at radius 1 is 1.32 bits per heavy atom. The lowest BCUT2D eigenvalue weighted by Gasteiger charge is -2.29. The highest BCUT2D eigenvalue weighted by atomic mass is 19.3. The maximum absolute atomic E-state index is 12.0. The molecule has 7 N–H and O–H groups in total. The fourth-order valence-corrected chi connectivity index (χ4v) is 1.55. The molecule has 1 atom stereocenters. The molecular weight excluding hydrogens is 258 g/mol. The Labute approximate surface area is 107 Å². The summed E-state index contributed by atoms with van der Waals surface area (Å²) in [5.41, 5.74) is 16.5. The highest BCUT2D eigenvalue weighted by Crippen LogP contribution is 2.27. The van der Waals surface area contributed by atoms with Crippen LogP contribution in [0.1, 0.15) is 5.56 Å². The van der Waals surface area contributed by atoms with Crippen molar-refractivity contribution in [2.24, 2.45) is 22.2 Å². The maximum Gasteiger partial charge on any atom is 0.388 e. The van der Waals surface area contributed by atoms with Crippen LogP contribution in [0.15, 0.2) is 35.2 Å². The van der Waals surface area contributed by atoms with E-state index in [2.05, 4.69) is 20.0 Å². The van der Waals surface area contributed by atoms with Crippen LogP contribution in [-0.2, 0) is 5.66 Å². The van der Waals surface area contributed by atoms with Crippen LogP contribution in [-0.4, -0.2) is 17.6 Å². The SMILES string of the molecule is NC1=CNC(N)=NC1(N)c1ccc(OC(F)F)nc1. The second-order valence-corrected chi connectivity index (χ2v) is 3.77. The van der Waals surface area contributed by atoms with Crippen molar-refractivity contribution < 1.29 is 13.5 Å². The lowest BCUT2D eigenvalue weighted by atomic mass is 9.99. The van der Waals surface area contributed by atoms with Crippen molar-refractivity contribution in [3.63, 3.8) is 0 Å². The molecule has 1 unspecified atom stereocenters. The van der Waals surface area contributed by atoms with Gasteiger partial charge < -0.3 is 21.5 Å². The summed E-state index contributed by atoms with van der Waals surface area (Å²) in [7, 11) is 0. The van der Waals surface area contributed by atoms with Gasteiger partial charge in [-0.2, -0.15) is 8.78 Å². The first kappa shape index (κ1) is 13.0. The van der Waals surface area contributed by atoms with Crippen LogP contribution in [0.3, 0.4) is 0 Å². The molecule has 1 aromatic heterocycles. The second kappa shape index (κ2) is 4.69. The van der Waals surface area contributed by atoms with E-state index in [1.165, 1.54) is 24.5 Å². The lowest BCUT2D eigenvalue weighted by Crippen LogP contribution is -2.48. The van der Waals surface area contributed by atoms with Gasteiger partial charge in [0.1, 0.15) is 0 Å². The standard InChI is InChI=1S/C10H12F2N6O/c11-8(12)19-7-2-1-5(3-16-7)10(15)6(13)4-17-9(14)18-10/h1-4,8H,13,15H2,(H3,14,17,18). The zero-order valence-corrected chi connectivity index (χ0v) is 9.68. The molecule has 1 aromatic rings. The summed E-state index contributed by atoms with van der Waals surface area (Å²) in [5, 5.41) is 2.61. The number of aliphatic imine (C=N–C) groups is 1. The normalized spacial score (nSPS) is 22.5. The van der Waals surface area contributed by atoms with Gasteiger partial charge in [0, 0.05) is 24.0 Å². The molecule has 19 heavy (non-hydrogen) atoms. The lowest BCUT2D eigenvalue weighted by molar-refractivity contribution is -0.0528. The van der Waals surface area contributed by atoms with Gasteiger partial charge in [0.05, 0.1) is 5.70 Å². The molecule has 102 valence electrons. The molecule has 0 fully saturated rings. The van der Waals surface area contributed by atoms with Crippen molar-refractivity contribution >= 4 is 5.96 Å². The molecule has 2 heterocycles. The molecule has 7 nitrogen and oxygen atoms in total. The number of pyridine rings is 1. The monoisotopic (exact) mass is 270 g/mol. The number of halogens is 2. The Morgan fingerprint density at radius 2 is 2.05 bits per heavy atom. The number of alkyl halides is 2. The van der Waals surface area contributed by atoms with E-state index in [1.807, 2.05) is 0 Å². The van der Waals surface area contributed by atoms with Crippen LogP contribution in [0.25, 0.3) is 0 Å². The highest BCUT2D eigenvalue weighted by Gasteiger charge is 2.33. The van der Waals surface area contributed by atoms with Crippen molar-refractivity contribution in [1.82, 2.24) is 10.3 Å². The van der Waals surface area contributed by atoms with Crippen molar-refractivity contribution in [1.29, 1.82) is 0 Å². The molecule has 1 aliphatic rings. The molecule has 0 spiro atoms. The van der Waals surface area contributed by atoms with E-state index in [0.29, 0.717) is 5.56 Å². The Bertz CT molecular complexity index is 529. The van der Waals surface area contributed by atoms with E-state index >= 15 is 0 Å². The number of aromatic nitrogens is 1. The predicted octanol–water partition coefficient (Wildman–Crippen LogP) is -0.487. The number of nitrogens with two attached hydrogens (primary N) is 3. The number of guanidine groups is 1. The molecule has 0 bridgehead atoms. The average Bonchev–Trinajstić information content (AvgIpc) is 2.34. The van der Waals surface area contributed by atoms with Crippen LogP contribution < -0.4 is 27.3 Å². The molecule has 0 aromatic carbocycles. The van der Waals surface area contributed by atoms with Crippen LogP contribution in [0.4, 0.5) is 8.78 Å². The van der Waals surface area contributed by atoms with Crippen LogP contribution in [0, 0.1) is 0 Å². The molecule has 0 amide bonds. The van der Waals surface area contributed by atoms with Crippen LogP contribution in [0.2, 0.25) is 0 Å². The molecule has 0 saturated carbocycles. The molecule has 0 radical (unpaired) electrons. The van der Waals surface area contributed by atoms with Gasteiger partial charge >= 0.3 is 6.61 Å². The third kappa shape index (κ3) is 2.55. The van der Waals surface area contributed by atoms with Crippen molar-refractivity contribution in [2.45, 2.75) is 12.3 Å². The zero-order valence-electron chi connectivity index (χ0n) is 9.68. The summed E-state index contributed by atoms with van der Waals surface area (Å²) in [6.45, 7) is -2.94. The number of hydrogen-bond donors (Lipinski definition) is 4. The minimum absolute atomic E-state index is 0.0876. The van der Waals surface area contributed by atoms with E-state index in [9.17, 15) is 8.78 Å². The summed E-state index contributed by atoms with van der Waals surface area (Å²) in [5.74, 6) is -0.139. The topological polar surface area (TPSA) is 125 Å². The zero-order chi connectivity index (χ0) is 14.0. The van der Waals surface area contributed by atoms with Crippen molar-refractivity contribution in [2.75, 3.05) is 0 Å². The second-order valence-electron chi connectivity index (χ2n) is 3.77. The molecule has 9 heteroatoms. The molecular formula is C10H12F2N6O. The largest absolute Gasteiger partial charge is 0.417 e. The molecule has 0 saturated heterocycles. The predicted molar refractivity (Wildman–Crippen MR) is 63.8 cm³/mol. The third-order valence-corrected chi connectivity index (χ3v) is 2.50. The number of rotatable bonds is 3. The molecule has 1 aliphatic heterocycles. The van der Waals surface area contributed by atoms with Gasteiger partial charge in [-0.15, -0.1) is 0 Å². The Morgan fingerprint density at radius 3 is 2.63 bits per heavy atom. The summed E-state index contributed by atoms with van der Waals surface area (Å²) in [6, 6.07) is 2.69. The third-order valence-electron chi connectivity index (χ3n) is 2.50. The summed E-state index contributed by atoms with van der Waals surface area (Å²) in [6.07, 6.45) is 2.66. The number of ether oxygens (including phenoxy) is 1. The van der Waals surface area contributed by atoms with Crippen molar-refractivity contribution in [3.05, 3.63) is 35.8 Å². The number of nitrogens with zero attached hydrogens (tertiary/aromatic N) is 2. The summed E-state index contributed by atoms with van der Waals surface area (Å²) in [4.78, 5) is 7.70. The van der Waals surface area contributed by atoms with Crippen molar-refractivity contribution in [3.8, 4) is 5.88 Å². The van der Waals surface area contributed by atoms with Gasteiger partial charge in [-0.25, -0.2) is 9.98 Å². The number of nitrogens with one attached hydrogen (secondary N) is 1. The van der Waals surface area contributed by atoms with Crippen LogP contribution in [0.5, 0.6) is 5.88 Å². The average molecular weight is 270 g/mol. The van der Waals surface area contributed by atoms with E-state index in [1.54, 1.807) is 0 Å². The first-order chi connectivity index (χ1) is 8.91. The first-order valence-electron chi connectivity index (χ1n) is 5.20. The van der Waals surface area contributed by atoms with E-state index in [4.69, 9.17) is 17.2 Å². The van der Waals surface area contributed by atoms with Gasteiger partial charge in [0.2, 0.25) is 5.88 Å². The molecule has 2 rings (SSSR count). The summed E-state index contributed by atoms with van der Waals surface area (Å²) >= 11 is 0. The fourth-order valence-electron chi connectivity index (χ4n) is 1.55. The maximum atomic E-state index is 12.0. The first-order valence-corrected chi connectivity index (χ1v) is 5.20. The van der Waals surface area contributed by atoms with E-state index in [0.717, 1.165) is 0 Å². The summed E-state index contributed by atoms with van der Waals surface area (Å²) < 4.78 is 28.1. The molecule has 0 aliphatic carbocycles. The van der Waals surface area contributed by atoms with E-state index < -0.39 is 12.3 Å². The minimum Gasteiger partial charge on any atom is -0.417 e. The smallest absolute Gasteiger partial charge is 0.388 e.